The quantitative estimate of drug-likeness (QED) is 0.293. The molecular weight excluding hydrogens is 526 g/mol. The number of thiophene rings is 1. The summed E-state index contributed by atoms with van der Waals surface area (Å²) in [6.07, 6.45) is 0.677. The molecule has 0 bridgehead atoms. The summed E-state index contributed by atoms with van der Waals surface area (Å²) < 4.78 is 33.0. The van der Waals surface area contributed by atoms with Crippen LogP contribution < -0.4 is 0 Å². The van der Waals surface area contributed by atoms with Crippen LogP contribution in [0.15, 0.2) is 64.9 Å². The number of hydrogen-bond donors (Lipinski definition) is 0. The number of halogens is 1. The van der Waals surface area contributed by atoms with Gasteiger partial charge in [-0.15, -0.1) is 11.3 Å². The van der Waals surface area contributed by atoms with E-state index < -0.39 is 27.2 Å². The van der Waals surface area contributed by atoms with Gasteiger partial charge in [0.25, 0.3) is 5.69 Å². The molecule has 0 radical (unpaired) electrons. The van der Waals surface area contributed by atoms with Crippen LogP contribution in [0.3, 0.4) is 0 Å². The van der Waals surface area contributed by atoms with Crippen LogP contribution in [0, 0.1) is 10.1 Å². The van der Waals surface area contributed by atoms with E-state index in [1.807, 2.05) is 41.8 Å². The molecule has 2 aromatic carbocycles. The maximum atomic E-state index is 13.6. The Morgan fingerprint density at radius 1 is 1.25 bits per heavy atom. The fourth-order valence-electron chi connectivity index (χ4n) is 4.24. The molecule has 1 aliphatic rings. The number of methoxy groups -OCH3 is 1. The standard InChI is InChI=1S/C24H24ClN3O6S2/c1-34-13-12-26(36(32,33)18-7-8-20(25)21(15-18)28(30)31)16-23(29)27-11-9-22-19(10-14-35-22)24(27)17-5-3-2-4-6-17/h2-8,10,14-15,24H,9,11-13,16H2,1H3/t24-/m0/s1. The Balaban J connectivity index is 1.66. The molecule has 2 heterocycles. The lowest BCUT2D eigenvalue weighted by Gasteiger charge is -2.37. The van der Waals surface area contributed by atoms with Crippen LogP contribution in [0.5, 0.6) is 0 Å². The number of ether oxygens (including phenoxy) is 1. The van der Waals surface area contributed by atoms with Crippen LogP contribution in [0.4, 0.5) is 5.69 Å². The Morgan fingerprint density at radius 3 is 2.69 bits per heavy atom. The second-order valence-corrected chi connectivity index (χ2v) is 11.5. The van der Waals surface area contributed by atoms with Crippen molar-refractivity contribution in [3.63, 3.8) is 0 Å². The van der Waals surface area contributed by atoms with Gasteiger partial charge in [-0.25, -0.2) is 8.42 Å². The molecule has 4 rings (SSSR count). The Hall–Kier alpha value is -2.83. The minimum absolute atomic E-state index is 0.0407. The van der Waals surface area contributed by atoms with Crippen LogP contribution in [-0.4, -0.2) is 61.8 Å². The predicted molar refractivity (Wildman–Crippen MR) is 137 cm³/mol. The molecule has 9 nitrogen and oxygen atoms in total. The summed E-state index contributed by atoms with van der Waals surface area (Å²) in [4.78, 5) is 26.8. The van der Waals surface area contributed by atoms with Gasteiger partial charge < -0.3 is 9.64 Å². The van der Waals surface area contributed by atoms with Crippen molar-refractivity contribution in [3.8, 4) is 0 Å². The van der Waals surface area contributed by atoms with Crippen LogP contribution in [0.1, 0.15) is 22.0 Å². The summed E-state index contributed by atoms with van der Waals surface area (Å²) >= 11 is 7.51. The van der Waals surface area contributed by atoms with Gasteiger partial charge in [-0.1, -0.05) is 41.9 Å². The number of hydrogen-bond acceptors (Lipinski definition) is 7. The van der Waals surface area contributed by atoms with Crippen molar-refractivity contribution >= 4 is 44.6 Å². The number of nitro benzene ring substituents is 1. The summed E-state index contributed by atoms with van der Waals surface area (Å²) in [6, 6.07) is 14.5. The zero-order valence-electron chi connectivity index (χ0n) is 19.4. The predicted octanol–water partition coefficient (Wildman–Crippen LogP) is 4.12. The molecule has 3 aromatic rings. The van der Waals surface area contributed by atoms with E-state index in [4.69, 9.17) is 16.3 Å². The Kier molecular flexibility index (Phi) is 8.06. The molecule has 1 aromatic heterocycles. The third-order valence-electron chi connectivity index (χ3n) is 6.01. The van der Waals surface area contributed by atoms with Gasteiger partial charge in [-0.3, -0.25) is 14.9 Å². The number of sulfonamides is 1. The highest BCUT2D eigenvalue weighted by atomic mass is 35.5. The number of rotatable bonds is 9. The maximum Gasteiger partial charge on any atom is 0.289 e. The molecule has 1 amide bonds. The molecule has 36 heavy (non-hydrogen) atoms. The summed E-state index contributed by atoms with van der Waals surface area (Å²) in [5, 5.41) is 13.1. The van der Waals surface area contributed by atoms with E-state index >= 15 is 0 Å². The normalized spacial score (nSPS) is 15.6. The topological polar surface area (TPSA) is 110 Å². The zero-order chi connectivity index (χ0) is 25.9. The van der Waals surface area contributed by atoms with Crippen molar-refractivity contribution in [3.05, 3.63) is 91.1 Å². The van der Waals surface area contributed by atoms with Gasteiger partial charge in [0.1, 0.15) is 5.02 Å². The smallest absolute Gasteiger partial charge is 0.289 e. The average molecular weight is 550 g/mol. The molecule has 12 heteroatoms. The first-order valence-corrected chi connectivity index (χ1v) is 13.8. The minimum Gasteiger partial charge on any atom is -0.383 e. The van der Waals surface area contributed by atoms with Crippen LogP contribution >= 0.6 is 22.9 Å². The number of nitro groups is 1. The third kappa shape index (κ3) is 5.30. The van der Waals surface area contributed by atoms with E-state index in [1.54, 1.807) is 16.2 Å². The molecule has 0 fully saturated rings. The minimum atomic E-state index is -4.27. The Morgan fingerprint density at radius 2 is 2.00 bits per heavy atom. The van der Waals surface area contributed by atoms with Gasteiger partial charge in [-0.2, -0.15) is 4.31 Å². The SMILES string of the molecule is COCCN(CC(=O)N1CCc2sccc2[C@@H]1c1ccccc1)S(=O)(=O)c1ccc(Cl)c([N+](=O)[O-])c1. The number of benzene rings is 2. The summed E-state index contributed by atoms with van der Waals surface area (Å²) in [7, 11) is -2.84. The van der Waals surface area contributed by atoms with Crippen LogP contribution in [-0.2, 0) is 26.0 Å². The first-order chi connectivity index (χ1) is 17.2. The fourth-order valence-corrected chi connectivity index (χ4v) is 6.73. The molecule has 0 N–H and O–H groups in total. The van der Waals surface area contributed by atoms with Crippen molar-refractivity contribution in [2.24, 2.45) is 0 Å². The molecule has 0 aliphatic carbocycles. The van der Waals surface area contributed by atoms with Crippen molar-refractivity contribution in [1.82, 2.24) is 9.21 Å². The Bertz CT molecular complexity index is 1360. The summed E-state index contributed by atoms with van der Waals surface area (Å²) in [5.41, 5.74) is 1.44. The lowest BCUT2D eigenvalue weighted by Crippen LogP contribution is -2.47. The van der Waals surface area contributed by atoms with E-state index in [9.17, 15) is 23.3 Å². The van der Waals surface area contributed by atoms with Gasteiger partial charge in [0.05, 0.1) is 29.0 Å². The van der Waals surface area contributed by atoms with E-state index in [0.29, 0.717) is 13.0 Å². The highest BCUT2D eigenvalue weighted by Gasteiger charge is 2.36. The monoisotopic (exact) mass is 549 g/mol. The van der Waals surface area contributed by atoms with Gasteiger partial charge in [0, 0.05) is 31.1 Å². The second-order valence-electron chi connectivity index (χ2n) is 8.15. The van der Waals surface area contributed by atoms with E-state index in [0.717, 1.165) is 27.6 Å². The lowest BCUT2D eigenvalue weighted by molar-refractivity contribution is -0.384. The number of fused-ring (bicyclic) bond motifs is 1. The van der Waals surface area contributed by atoms with Crippen molar-refractivity contribution in [2.75, 3.05) is 33.4 Å². The average Bonchev–Trinajstić information content (AvgIpc) is 3.35. The summed E-state index contributed by atoms with van der Waals surface area (Å²) in [6.45, 7) is -0.0606. The van der Waals surface area contributed by atoms with E-state index in [2.05, 4.69) is 0 Å². The number of carbonyl (C=O) groups is 1. The first kappa shape index (κ1) is 26.2. The van der Waals surface area contributed by atoms with E-state index in [-0.39, 0.29) is 35.0 Å². The van der Waals surface area contributed by atoms with Crippen LogP contribution in [0.2, 0.25) is 5.02 Å². The van der Waals surface area contributed by atoms with Crippen molar-refractivity contribution in [1.29, 1.82) is 0 Å². The van der Waals surface area contributed by atoms with Gasteiger partial charge in [0.2, 0.25) is 15.9 Å². The highest BCUT2D eigenvalue weighted by Crippen LogP contribution is 2.38. The number of amides is 1. The van der Waals surface area contributed by atoms with Crippen LogP contribution in [0.25, 0.3) is 0 Å². The number of nitrogens with zero attached hydrogens (tertiary/aromatic N) is 3. The maximum absolute atomic E-state index is 13.6. The highest BCUT2D eigenvalue weighted by molar-refractivity contribution is 7.89. The molecule has 0 spiro atoms. The zero-order valence-corrected chi connectivity index (χ0v) is 21.8. The second kappa shape index (κ2) is 11.1. The lowest BCUT2D eigenvalue weighted by atomic mass is 9.93. The molecule has 1 aliphatic heterocycles. The molecule has 1 atom stereocenters. The molecule has 0 saturated carbocycles. The molecule has 0 saturated heterocycles. The van der Waals surface area contributed by atoms with Gasteiger partial charge in [0.15, 0.2) is 0 Å². The van der Waals surface area contributed by atoms with E-state index in [1.165, 1.54) is 18.1 Å². The Labute approximate surface area is 218 Å². The van der Waals surface area contributed by atoms with Gasteiger partial charge in [-0.05, 0) is 41.1 Å². The van der Waals surface area contributed by atoms with Gasteiger partial charge >= 0.3 is 0 Å². The largest absolute Gasteiger partial charge is 0.383 e. The molecule has 0 unspecified atom stereocenters. The first-order valence-electron chi connectivity index (χ1n) is 11.1. The molecule has 190 valence electrons. The number of carbonyl (C=O) groups excluding carboxylic acids is 1. The van der Waals surface area contributed by atoms with Crippen molar-refractivity contribution in [2.45, 2.75) is 17.4 Å². The molecular formula is C24H24ClN3O6S2. The third-order valence-corrected chi connectivity index (χ3v) is 9.17. The fraction of sp³-hybridized carbons (Fsp3) is 0.292. The van der Waals surface area contributed by atoms with Crippen molar-refractivity contribution < 1.29 is 22.9 Å². The summed E-state index contributed by atoms with van der Waals surface area (Å²) in [5.74, 6) is -0.371.